The largest absolute Gasteiger partial charge is 0.492 e. The van der Waals surface area contributed by atoms with Gasteiger partial charge in [0.05, 0.1) is 18.2 Å². The maximum atomic E-state index is 13.9. The topological polar surface area (TPSA) is 85.8 Å². The Morgan fingerprint density at radius 1 is 1.16 bits per heavy atom. The lowest BCUT2D eigenvalue weighted by atomic mass is 10.1. The van der Waals surface area contributed by atoms with Crippen molar-refractivity contribution in [2.24, 2.45) is 0 Å². The first-order chi connectivity index (χ1) is 17.8. The summed E-state index contributed by atoms with van der Waals surface area (Å²) in [5.74, 6) is -0.0590. The van der Waals surface area contributed by atoms with Crippen LogP contribution in [0, 0.1) is 12.7 Å². The van der Waals surface area contributed by atoms with Gasteiger partial charge in [0.1, 0.15) is 35.7 Å². The summed E-state index contributed by atoms with van der Waals surface area (Å²) in [6, 6.07) is 11.1. The van der Waals surface area contributed by atoms with Crippen molar-refractivity contribution in [2.75, 3.05) is 44.8 Å². The number of anilines is 1. The number of halogens is 3. The fourth-order valence-electron chi connectivity index (χ4n) is 3.78. The van der Waals surface area contributed by atoms with Gasteiger partial charge in [0.15, 0.2) is 5.69 Å². The number of amides is 1. The summed E-state index contributed by atoms with van der Waals surface area (Å²) >= 11 is 12.3. The molecule has 11 heteroatoms. The highest BCUT2D eigenvalue weighted by atomic mass is 35.5. The van der Waals surface area contributed by atoms with Crippen molar-refractivity contribution in [3.8, 4) is 11.5 Å². The third-order valence-electron chi connectivity index (χ3n) is 5.85. The first kappa shape index (κ1) is 27.1. The van der Waals surface area contributed by atoms with Crippen molar-refractivity contribution in [2.45, 2.75) is 20.0 Å². The van der Waals surface area contributed by atoms with Crippen LogP contribution in [0.3, 0.4) is 0 Å². The van der Waals surface area contributed by atoms with Gasteiger partial charge >= 0.3 is 0 Å². The van der Waals surface area contributed by atoms with Gasteiger partial charge in [0.25, 0.3) is 5.91 Å². The summed E-state index contributed by atoms with van der Waals surface area (Å²) in [6.07, 6.45) is -0.703. The molecule has 1 aliphatic heterocycles. The summed E-state index contributed by atoms with van der Waals surface area (Å²) in [6.45, 7) is 8.08. The summed E-state index contributed by atoms with van der Waals surface area (Å²) in [5, 5.41) is 10.9. The van der Waals surface area contributed by atoms with Crippen LogP contribution in [0.25, 0.3) is 0 Å². The summed E-state index contributed by atoms with van der Waals surface area (Å²) in [5.41, 5.74) is 1.38. The fourth-order valence-corrected chi connectivity index (χ4v) is 4.46. The van der Waals surface area contributed by atoms with Crippen molar-refractivity contribution in [1.29, 1.82) is 0 Å². The number of rotatable bonds is 9. The molecule has 196 valence electrons. The summed E-state index contributed by atoms with van der Waals surface area (Å²) in [4.78, 5) is 15.1. The zero-order chi connectivity index (χ0) is 26.4. The van der Waals surface area contributed by atoms with Crippen LogP contribution in [0.4, 0.5) is 10.1 Å². The SMILES string of the molecule is Cc1nnc(C(=O)Nc2ccc(OCCN3CCOCC3)cc2)cc1OC(C)c1c(Cl)ccc(F)c1Cl. The molecule has 1 saturated heterocycles. The van der Waals surface area contributed by atoms with E-state index in [-0.39, 0.29) is 15.7 Å². The molecule has 1 amide bonds. The summed E-state index contributed by atoms with van der Waals surface area (Å²) < 4.78 is 31.0. The molecule has 1 fully saturated rings. The first-order valence-corrected chi connectivity index (χ1v) is 12.6. The number of aromatic nitrogens is 2. The number of carbonyl (C=O) groups excluding carboxylic acids is 1. The molecule has 0 saturated carbocycles. The number of benzene rings is 2. The van der Waals surface area contributed by atoms with Crippen LogP contribution in [-0.4, -0.2) is 60.5 Å². The average molecular weight is 549 g/mol. The zero-order valence-corrected chi connectivity index (χ0v) is 22.0. The number of hydrogen-bond acceptors (Lipinski definition) is 7. The summed E-state index contributed by atoms with van der Waals surface area (Å²) in [7, 11) is 0. The van der Waals surface area contributed by atoms with Gasteiger partial charge < -0.3 is 19.5 Å². The van der Waals surface area contributed by atoms with Gasteiger partial charge in [-0.2, -0.15) is 5.10 Å². The van der Waals surface area contributed by atoms with Gasteiger partial charge in [-0.25, -0.2) is 4.39 Å². The Hall–Kier alpha value is -2.98. The molecule has 8 nitrogen and oxygen atoms in total. The minimum atomic E-state index is -0.703. The van der Waals surface area contributed by atoms with E-state index in [1.165, 1.54) is 18.2 Å². The molecule has 0 bridgehead atoms. The highest BCUT2D eigenvalue weighted by molar-refractivity contribution is 6.36. The second-order valence-electron chi connectivity index (χ2n) is 8.48. The van der Waals surface area contributed by atoms with Crippen LogP contribution in [0.2, 0.25) is 10.0 Å². The fraction of sp³-hybridized carbons (Fsp3) is 0.346. The van der Waals surface area contributed by atoms with E-state index in [4.69, 9.17) is 37.4 Å². The van der Waals surface area contributed by atoms with Crippen molar-refractivity contribution in [3.63, 3.8) is 0 Å². The molecule has 3 aromatic rings. The molecular formula is C26H27Cl2FN4O4. The standard InChI is InChI=1S/C26H27Cl2FN4O4/c1-16-23(37-17(2)24-20(27)7-8-21(29)25(24)28)15-22(32-31-16)26(34)30-18-3-5-19(6-4-18)36-14-11-33-9-12-35-13-10-33/h3-8,15,17H,9-14H2,1-2H3,(H,30,34). The molecule has 2 aromatic carbocycles. The minimum Gasteiger partial charge on any atom is -0.492 e. The molecule has 1 unspecified atom stereocenters. The molecule has 0 radical (unpaired) electrons. The van der Waals surface area contributed by atoms with Crippen LogP contribution in [-0.2, 0) is 4.74 Å². The lowest BCUT2D eigenvalue weighted by Crippen LogP contribution is -2.38. The number of carbonyl (C=O) groups is 1. The molecule has 1 N–H and O–H groups in total. The number of morpholine rings is 1. The Kier molecular flexibility index (Phi) is 9.15. The van der Waals surface area contributed by atoms with Crippen molar-refractivity contribution < 1.29 is 23.4 Å². The number of nitrogens with zero attached hydrogens (tertiary/aromatic N) is 3. The predicted molar refractivity (Wildman–Crippen MR) is 139 cm³/mol. The van der Waals surface area contributed by atoms with Crippen molar-refractivity contribution in [3.05, 3.63) is 75.3 Å². The quantitative estimate of drug-likeness (QED) is 0.361. The van der Waals surface area contributed by atoms with E-state index < -0.39 is 17.8 Å². The molecule has 37 heavy (non-hydrogen) atoms. The van der Waals surface area contributed by atoms with Gasteiger partial charge in [-0.3, -0.25) is 9.69 Å². The molecule has 1 aliphatic rings. The Bertz CT molecular complexity index is 1240. The zero-order valence-electron chi connectivity index (χ0n) is 20.5. The maximum Gasteiger partial charge on any atom is 0.276 e. The number of ether oxygens (including phenoxy) is 3. The van der Waals surface area contributed by atoms with Crippen LogP contribution < -0.4 is 14.8 Å². The van der Waals surface area contributed by atoms with Crippen LogP contribution >= 0.6 is 23.2 Å². The number of nitrogens with one attached hydrogen (secondary N) is 1. The van der Waals surface area contributed by atoms with Gasteiger partial charge in [-0.05, 0) is 50.2 Å². The second kappa shape index (κ2) is 12.5. The molecule has 0 aliphatic carbocycles. The number of aryl methyl sites for hydroxylation is 1. The van der Waals surface area contributed by atoms with Crippen molar-refractivity contribution >= 4 is 34.8 Å². The molecule has 1 atom stereocenters. The second-order valence-corrected chi connectivity index (χ2v) is 9.26. The van der Waals surface area contributed by atoms with Gasteiger partial charge in [0.2, 0.25) is 0 Å². The minimum absolute atomic E-state index is 0.0510. The number of hydrogen-bond donors (Lipinski definition) is 1. The Balaban J connectivity index is 1.36. The highest BCUT2D eigenvalue weighted by Gasteiger charge is 2.21. The smallest absolute Gasteiger partial charge is 0.276 e. The predicted octanol–water partition coefficient (Wildman–Crippen LogP) is 5.33. The first-order valence-electron chi connectivity index (χ1n) is 11.8. The van der Waals surface area contributed by atoms with Crippen molar-refractivity contribution in [1.82, 2.24) is 15.1 Å². The third-order valence-corrected chi connectivity index (χ3v) is 6.56. The monoisotopic (exact) mass is 548 g/mol. The Morgan fingerprint density at radius 3 is 2.62 bits per heavy atom. The van der Waals surface area contributed by atoms with E-state index in [1.54, 1.807) is 38.1 Å². The van der Waals surface area contributed by atoms with E-state index in [0.717, 1.165) is 32.8 Å². The van der Waals surface area contributed by atoms with Gasteiger partial charge in [0, 0.05) is 42.0 Å². The van der Waals surface area contributed by atoms with E-state index in [9.17, 15) is 9.18 Å². The Morgan fingerprint density at radius 2 is 1.89 bits per heavy atom. The van der Waals surface area contributed by atoms with Crippen LogP contribution in [0.5, 0.6) is 11.5 Å². The molecule has 4 rings (SSSR count). The van der Waals surface area contributed by atoms with E-state index >= 15 is 0 Å². The highest BCUT2D eigenvalue weighted by Crippen LogP contribution is 2.35. The third kappa shape index (κ3) is 7.07. The lowest BCUT2D eigenvalue weighted by molar-refractivity contribution is 0.0322. The maximum absolute atomic E-state index is 13.9. The molecule has 2 heterocycles. The molecule has 1 aromatic heterocycles. The van der Waals surface area contributed by atoms with Crippen LogP contribution in [0.15, 0.2) is 42.5 Å². The lowest BCUT2D eigenvalue weighted by Gasteiger charge is -2.26. The van der Waals surface area contributed by atoms with Gasteiger partial charge in [-0.1, -0.05) is 23.2 Å². The normalized spacial score (nSPS) is 14.7. The molecule has 0 spiro atoms. The van der Waals surface area contributed by atoms with E-state index in [2.05, 4.69) is 20.4 Å². The average Bonchev–Trinajstić information content (AvgIpc) is 2.89. The Labute approximate surface area is 224 Å². The van der Waals surface area contributed by atoms with Gasteiger partial charge in [-0.15, -0.1) is 5.10 Å². The molecular weight excluding hydrogens is 522 g/mol. The van der Waals surface area contributed by atoms with Crippen LogP contribution in [0.1, 0.15) is 34.8 Å². The van der Waals surface area contributed by atoms with E-state index in [0.29, 0.717) is 35.1 Å². The van der Waals surface area contributed by atoms with E-state index in [1.807, 2.05) is 0 Å².